The third-order valence-corrected chi connectivity index (χ3v) is 5.99. The lowest BCUT2D eigenvalue weighted by molar-refractivity contribution is 0.169. The summed E-state index contributed by atoms with van der Waals surface area (Å²) in [4.78, 5) is 0.231. The number of nitrogens with zero attached hydrogens (tertiary/aromatic N) is 1. The van der Waals surface area contributed by atoms with Crippen LogP contribution in [0.5, 0.6) is 0 Å². The normalized spacial score (nSPS) is 19.6. The van der Waals surface area contributed by atoms with Crippen LogP contribution >= 0.6 is 0 Å². The highest BCUT2D eigenvalue weighted by molar-refractivity contribution is 7.89. The van der Waals surface area contributed by atoms with E-state index in [0.29, 0.717) is 37.9 Å². The Balaban J connectivity index is 2.20. The van der Waals surface area contributed by atoms with Crippen LogP contribution in [-0.2, 0) is 10.0 Å². The van der Waals surface area contributed by atoms with Gasteiger partial charge in [-0.15, -0.1) is 0 Å². The predicted octanol–water partition coefficient (Wildman–Crippen LogP) is 1.52. The van der Waals surface area contributed by atoms with Crippen LogP contribution in [0.1, 0.15) is 37.9 Å². The number of piperidine rings is 1. The minimum atomic E-state index is -3.52. The summed E-state index contributed by atoms with van der Waals surface area (Å²) in [5.74, 6) is 0.199. The Morgan fingerprint density at radius 1 is 1.33 bits per heavy atom. The number of sulfonamides is 1. The second-order valence-corrected chi connectivity index (χ2v) is 7.46. The molecule has 2 N–H and O–H groups in total. The van der Waals surface area contributed by atoms with Crippen molar-refractivity contribution in [2.75, 3.05) is 19.7 Å². The van der Waals surface area contributed by atoms with Crippen molar-refractivity contribution in [2.45, 2.75) is 37.2 Å². The SMILES string of the molecule is CCC(O)c1cccc(S(=O)(=O)N2CCC(CO)CC2)c1. The van der Waals surface area contributed by atoms with Crippen LogP contribution < -0.4 is 0 Å². The number of rotatable bonds is 5. The van der Waals surface area contributed by atoms with E-state index in [1.54, 1.807) is 24.3 Å². The Bertz CT molecular complexity index is 565. The molecule has 0 radical (unpaired) electrons. The first-order chi connectivity index (χ1) is 9.98. The summed E-state index contributed by atoms with van der Waals surface area (Å²) in [6.07, 6.45) is 1.28. The Morgan fingerprint density at radius 3 is 2.57 bits per heavy atom. The van der Waals surface area contributed by atoms with Gasteiger partial charge >= 0.3 is 0 Å². The summed E-state index contributed by atoms with van der Waals surface area (Å²) < 4.78 is 26.7. The van der Waals surface area contributed by atoms with Crippen molar-refractivity contribution in [3.8, 4) is 0 Å². The number of aliphatic hydroxyl groups is 2. The molecule has 2 rings (SSSR count). The molecule has 1 heterocycles. The molecule has 118 valence electrons. The number of hydrogen-bond acceptors (Lipinski definition) is 4. The van der Waals surface area contributed by atoms with Crippen LogP contribution in [0.25, 0.3) is 0 Å². The van der Waals surface area contributed by atoms with Crippen LogP contribution in [-0.4, -0.2) is 42.6 Å². The molecule has 1 aromatic carbocycles. The number of hydrogen-bond donors (Lipinski definition) is 2. The van der Waals surface area contributed by atoms with E-state index in [-0.39, 0.29) is 17.4 Å². The molecular weight excluding hydrogens is 290 g/mol. The maximum absolute atomic E-state index is 12.6. The van der Waals surface area contributed by atoms with Crippen molar-refractivity contribution >= 4 is 10.0 Å². The highest BCUT2D eigenvalue weighted by atomic mass is 32.2. The fourth-order valence-electron chi connectivity index (χ4n) is 2.60. The van der Waals surface area contributed by atoms with Gasteiger partial charge in [-0.25, -0.2) is 8.42 Å². The highest BCUT2D eigenvalue weighted by Crippen LogP contribution is 2.26. The smallest absolute Gasteiger partial charge is 0.243 e. The summed E-state index contributed by atoms with van der Waals surface area (Å²) in [7, 11) is -3.52. The molecule has 6 heteroatoms. The maximum atomic E-state index is 12.6. The first-order valence-corrected chi connectivity index (χ1v) is 8.82. The molecule has 0 saturated carbocycles. The molecule has 0 aromatic heterocycles. The molecule has 1 unspecified atom stereocenters. The molecule has 1 saturated heterocycles. The minimum Gasteiger partial charge on any atom is -0.396 e. The minimum absolute atomic E-state index is 0.117. The second kappa shape index (κ2) is 6.87. The van der Waals surface area contributed by atoms with Gasteiger partial charge in [0.1, 0.15) is 0 Å². The molecule has 0 aliphatic carbocycles. The lowest BCUT2D eigenvalue weighted by Gasteiger charge is -2.30. The fourth-order valence-corrected chi connectivity index (χ4v) is 4.12. The van der Waals surface area contributed by atoms with Crippen molar-refractivity contribution in [1.82, 2.24) is 4.31 Å². The van der Waals surface area contributed by atoms with E-state index in [1.807, 2.05) is 6.92 Å². The predicted molar refractivity (Wildman–Crippen MR) is 80.3 cm³/mol. The van der Waals surface area contributed by atoms with Crippen molar-refractivity contribution in [1.29, 1.82) is 0 Å². The first kappa shape index (κ1) is 16.4. The Hall–Kier alpha value is -0.950. The largest absolute Gasteiger partial charge is 0.396 e. The molecule has 1 aliphatic heterocycles. The molecule has 0 amide bonds. The van der Waals surface area contributed by atoms with E-state index >= 15 is 0 Å². The molecule has 1 atom stereocenters. The average molecular weight is 313 g/mol. The van der Waals surface area contributed by atoms with Crippen LogP contribution in [0.15, 0.2) is 29.2 Å². The van der Waals surface area contributed by atoms with Crippen molar-refractivity contribution in [3.05, 3.63) is 29.8 Å². The van der Waals surface area contributed by atoms with Gasteiger partial charge < -0.3 is 10.2 Å². The van der Waals surface area contributed by atoms with Crippen LogP contribution in [0.3, 0.4) is 0 Å². The van der Waals surface area contributed by atoms with Crippen LogP contribution in [0.4, 0.5) is 0 Å². The maximum Gasteiger partial charge on any atom is 0.243 e. The molecule has 1 aromatic rings. The molecular formula is C15H23NO4S. The molecule has 0 spiro atoms. The molecule has 5 nitrogen and oxygen atoms in total. The zero-order valence-electron chi connectivity index (χ0n) is 12.3. The first-order valence-electron chi connectivity index (χ1n) is 7.38. The number of aliphatic hydroxyl groups excluding tert-OH is 2. The fraction of sp³-hybridized carbons (Fsp3) is 0.600. The zero-order chi connectivity index (χ0) is 15.5. The summed E-state index contributed by atoms with van der Waals surface area (Å²) in [6, 6.07) is 6.54. The van der Waals surface area contributed by atoms with Gasteiger partial charge in [-0.3, -0.25) is 0 Å². The molecule has 21 heavy (non-hydrogen) atoms. The van der Waals surface area contributed by atoms with Crippen LogP contribution in [0.2, 0.25) is 0 Å². The van der Waals surface area contributed by atoms with Gasteiger partial charge in [0.2, 0.25) is 10.0 Å². The van der Waals surface area contributed by atoms with E-state index < -0.39 is 16.1 Å². The molecule has 0 bridgehead atoms. The zero-order valence-corrected chi connectivity index (χ0v) is 13.1. The van der Waals surface area contributed by atoms with Gasteiger partial charge in [-0.2, -0.15) is 4.31 Å². The number of benzene rings is 1. The van der Waals surface area contributed by atoms with E-state index in [4.69, 9.17) is 5.11 Å². The Morgan fingerprint density at radius 2 is 2.00 bits per heavy atom. The van der Waals surface area contributed by atoms with Gasteiger partial charge in [0.25, 0.3) is 0 Å². The summed E-state index contributed by atoms with van der Waals surface area (Å²) in [5, 5.41) is 19.0. The summed E-state index contributed by atoms with van der Waals surface area (Å²) >= 11 is 0. The molecule has 1 aliphatic rings. The Kier molecular flexibility index (Phi) is 5.37. The van der Waals surface area contributed by atoms with Gasteiger partial charge in [-0.1, -0.05) is 19.1 Å². The van der Waals surface area contributed by atoms with Crippen LogP contribution in [0, 0.1) is 5.92 Å². The molecule has 1 fully saturated rings. The van der Waals surface area contributed by atoms with E-state index in [1.165, 1.54) is 4.31 Å². The van der Waals surface area contributed by atoms with Gasteiger partial charge in [0.05, 0.1) is 11.0 Å². The third-order valence-electron chi connectivity index (χ3n) is 4.10. The monoisotopic (exact) mass is 313 g/mol. The van der Waals surface area contributed by atoms with Gasteiger partial charge in [-0.05, 0) is 42.9 Å². The third kappa shape index (κ3) is 3.63. The van der Waals surface area contributed by atoms with Crippen molar-refractivity contribution in [3.63, 3.8) is 0 Å². The second-order valence-electron chi connectivity index (χ2n) is 5.53. The summed E-state index contributed by atoms with van der Waals surface area (Å²) in [6.45, 7) is 2.85. The Labute approximate surface area is 126 Å². The topological polar surface area (TPSA) is 77.8 Å². The van der Waals surface area contributed by atoms with Crippen molar-refractivity contribution < 1.29 is 18.6 Å². The van der Waals surface area contributed by atoms with Crippen molar-refractivity contribution in [2.24, 2.45) is 5.92 Å². The van der Waals surface area contributed by atoms with Gasteiger partial charge in [0, 0.05) is 19.7 Å². The van der Waals surface area contributed by atoms with E-state index in [2.05, 4.69) is 0 Å². The van der Waals surface area contributed by atoms with Gasteiger partial charge in [0.15, 0.2) is 0 Å². The lowest BCUT2D eigenvalue weighted by Crippen LogP contribution is -2.39. The van der Waals surface area contributed by atoms with E-state index in [0.717, 1.165) is 0 Å². The highest BCUT2D eigenvalue weighted by Gasteiger charge is 2.29. The quantitative estimate of drug-likeness (QED) is 0.864. The summed E-state index contributed by atoms with van der Waals surface area (Å²) in [5.41, 5.74) is 0.629. The lowest BCUT2D eigenvalue weighted by atomic mass is 10.00. The van der Waals surface area contributed by atoms with E-state index in [9.17, 15) is 13.5 Å². The standard InChI is InChI=1S/C15H23NO4S/c1-2-15(18)13-4-3-5-14(10-13)21(19,20)16-8-6-12(11-17)7-9-16/h3-5,10,12,15,17-18H,2,6-9,11H2,1H3. The average Bonchev–Trinajstić information content (AvgIpc) is 2.54.